The van der Waals surface area contributed by atoms with Gasteiger partial charge in [0.1, 0.15) is 5.58 Å². The number of thiazole rings is 1. The van der Waals surface area contributed by atoms with E-state index < -0.39 is 0 Å². The number of furan rings is 1. The zero-order chi connectivity index (χ0) is 17.4. The molecule has 0 atom stereocenters. The lowest BCUT2D eigenvalue weighted by Gasteiger charge is -2.04. The van der Waals surface area contributed by atoms with Crippen LogP contribution in [-0.4, -0.2) is 15.3 Å². The van der Waals surface area contributed by atoms with E-state index in [0.29, 0.717) is 5.76 Å². The molecule has 0 unspecified atom stereocenters. The summed E-state index contributed by atoms with van der Waals surface area (Å²) in [5, 5.41) is 3.81. The number of carbonyl (C=O) groups is 1. The molecule has 0 spiro atoms. The minimum atomic E-state index is -0.143. The van der Waals surface area contributed by atoms with Crippen LogP contribution in [0.1, 0.15) is 27.5 Å². The summed E-state index contributed by atoms with van der Waals surface area (Å²) >= 11 is 1.59. The van der Waals surface area contributed by atoms with Gasteiger partial charge >= 0.3 is 0 Å². The highest BCUT2D eigenvalue weighted by Crippen LogP contribution is 2.24. The number of nitrogens with zero attached hydrogens (tertiary/aromatic N) is 2. The third-order valence-electron chi connectivity index (χ3n) is 4.16. The van der Waals surface area contributed by atoms with Crippen LogP contribution in [0.3, 0.4) is 0 Å². The molecule has 0 fully saturated rings. The van der Waals surface area contributed by atoms with Gasteiger partial charge in [0.25, 0.3) is 0 Å². The van der Waals surface area contributed by atoms with Gasteiger partial charge in [-0.2, -0.15) is 0 Å². The van der Waals surface area contributed by atoms with E-state index >= 15 is 0 Å². The van der Waals surface area contributed by atoms with E-state index in [0.717, 1.165) is 33.1 Å². The average molecular weight is 348 g/mol. The molecule has 0 N–H and O–H groups in total. The second-order valence-corrected chi connectivity index (χ2v) is 6.70. The molecular formula is C20H16N2O2S. The number of carbonyl (C=O) groups excluding carboxylic acids is 1. The van der Waals surface area contributed by atoms with Gasteiger partial charge in [0, 0.05) is 28.4 Å². The summed E-state index contributed by atoms with van der Waals surface area (Å²) in [7, 11) is 0. The molecule has 0 aliphatic carbocycles. The van der Waals surface area contributed by atoms with E-state index in [1.54, 1.807) is 29.7 Å². The maximum absolute atomic E-state index is 12.4. The highest BCUT2D eigenvalue weighted by Gasteiger charge is 2.12. The smallest absolute Gasteiger partial charge is 0.221 e. The molecule has 4 aromatic rings. The molecule has 0 aliphatic heterocycles. The number of rotatable bonds is 4. The molecule has 3 aromatic heterocycles. The third kappa shape index (κ3) is 2.83. The summed E-state index contributed by atoms with van der Waals surface area (Å²) < 4.78 is 7.72. The number of allylic oxidation sites excluding steroid dienone is 1. The van der Waals surface area contributed by atoms with E-state index in [1.807, 2.05) is 49.6 Å². The highest BCUT2D eigenvalue weighted by molar-refractivity contribution is 7.12. The standard InChI is InChI=1S/C20H16N2O2S/c1-13-11-15(14(2)22(13)20-21-9-10-25-20)7-8-17(23)19-12-16-5-3-4-6-18(16)24-19/h3-12H,1-2H3/b8-7+. The molecule has 0 saturated carbocycles. The van der Waals surface area contributed by atoms with Crippen molar-refractivity contribution in [2.45, 2.75) is 13.8 Å². The number of benzene rings is 1. The molecule has 5 heteroatoms. The maximum atomic E-state index is 12.4. The first-order valence-electron chi connectivity index (χ1n) is 7.93. The first-order chi connectivity index (χ1) is 12.1. The van der Waals surface area contributed by atoms with Gasteiger partial charge in [-0.25, -0.2) is 4.98 Å². The van der Waals surface area contributed by atoms with Crippen molar-refractivity contribution in [3.63, 3.8) is 0 Å². The fourth-order valence-corrected chi connectivity index (χ4v) is 3.68. The predicted octanol–water partition coefficient (Wildman–Crippen LogP) is 5.19. The lowest BCUT2D eigenvalue weighted by atomic mass is 10.2. The van der Waals surface area contributed by atoms with Crippen LogP contribution in [0.15, 0.2) is 58.5 Å². The largest absolute Gasteiger partial charge is 0.453 e. The lowest BCUT2D eigenvalue weighted by Crippen LogP contribution is -1.98. The highest BCUT2D eigenvalue weighted by atomic mass is 32.1. The van der Waals surface area contributed by atoms with E-state index in [4.69, 9.17) is 4.42 Å². The summed E-state index contributed by atoms with van der Waals surface area (Å²) in [5.74, 6) is 0.210. The van der Waals surface area contributed by atoms with Crippen LogP contribution in [0.5, 0.6) is 0 Å². The quantitative estimate of drug-likeness (QED) is 0.376. The van der Waals surface area contributed by atoms with Crippen molar-refractivity contribution in [1.82, 2.24) is 9.55 Å². The van der Waals surface area contributed by atoms with E-state index in [-0.39, 0.29) is 5.78 Å². The molecule has 124 valence electrons. The number of ketones is 1. The second-order valence-electron chi connectivity index (χ2n) is 5.82. The molecule has 4 nitrogen and oxygen atoms in total. The van der Waals surface area contributed by atoms with E-state index in [2.05, 4.69) is 15.6 Å². The summed E-state index contributed by atoms with van der Waals surface area (Å²) in [6.45, 7) is 4.06. The first kappa shape index (κ1) is 15.6. The normalized spacial score (nSPS) is 11.6. The Labute approximate surface area is 149 Å². The minimum absolute atomic E-state index is 0.143. The van der Waals surface area contributed by atoms with Crippen LogP contribution in [0.4, 0.5) is 0 Å². The fraction of sp³-hybridized carbons (Fsp3) is 0.100. The van der Waals surface area contributed by atoms with Gasteiger partial charge in [0.15, 0.2) is 10.9 Å². The molecule has 4 rings (SSSR count). The summed E-state index contributed by atoms with van der Waals surface area (Å²) in [5.41, 5.74) is 3.86. The number of aryl methyl sites for hydroxylation is 1. The number of para-hydroxylation sites is 1. The van der Waals surface area contributed by atoms with Gasteiger partial charge in [0.2, 0.25) is 5.78 Å². The van der Waals surface area contributed by atoms with Crippen molar-refractivity contribution >= 4 is 34.2 Å². The topological polar surface area (TPSA) is 48.0 Å². The van der Waals surface area contributed by atoms with Crippen molar-refractivity contribution < 1.29 is 9.21 Å². The van der Waals surface area contributed by atoms with Gasteiger partial charge in [0.05, 0.1) is 0 Å². The average Bonchev–Trinajstić information content (AvgIpc) is 3.31. The van der Waals surface area contributed by atoms with E-state index in [9.17, 15) is 4.79 Å². The van der Waals surface area contributed by atoms with Crippen molar-refractivity contribution in [2.75, 3.05) is 0 Å². The molecule has 25 heavy (non-hydrogen) atoms. The predicted molar refractivity (Wildman–Crippen MR) is 100 cm³/mol. The van der Waals surface area contributed by atoms with Gasteiger partial charge < -0.3 is 4.42 Å². The van der Waals surface area contributed by atoms with Crippen LogP contribution >= 0.6 is 11.3 Å². The number of fused-ring (bicyclic) bond motifs is 1. The Morgan fingerprint density at radius 2 is 2.08 bits per heavy atom. The Morgan fingerprint density at radius 1 is 1.24 bits per heavy atom. The Hall–Kier alpha value is -2.92. The summed E-state index contributed by atoms with van der Waals surface area (Å²) in [4.78, 5) is 16.8. The minimum Gasteiger partial charge on any atom is -0.453 e. The Morgan fingerprint density at radius 3 is 2.84 bits per heavy atom. The first-order valence-corrected chi connectivity index (χ1v) is 8.81. The number of hydrogen-bond donors (Lipinski definition) is 0. The van der Waals surface area contributed by atoms with Crippen LogP contribution in [0, 0.1) is 13.8 Å². The fourth-order valence-electron chi connectivity index (χ4n) is 2.93. The third-order valence-corrected chi connectivity index (χ3v) is 4.92. The number of aromatic nitrogens is 2. The molecule has 0 saturated heterocycles. The van der Waals surface area contributed by atoms with Crippen molar-refractivity contribution in [3.8, 4) is 5.13 Å². The van der Waals surface area contributed by atoms with Crippen LogP contribution in [0.2, 0.25) is 0 Å². The van der Waals surface area contributed by atoms with Crippen molar-refractivity contribution in [3.05, 3.63) is 76.8 Å². The van der Waals surface area contributed by atoms with Crippen molar-refractivity contribution in [1.29, 1.82) is 0 Å². The Kier molecular flexibility index (Phi) is 3.86. The zero-order valence-electron chi connectivity index (χ0n) is 13.9. The molecular weight excluding hydrogens is 332 g/mol. The maximum Gasteiger partial charge on any atom is 0.221 e. The number of hydrogen-bond acceptors (Lipinski definition) is 4. The van der Waals surface area contributed by atoms with Crippen molar-refractivity contribution in [2.24, 2.45) is 0 Å². The monoisotopic (exact) mass is 348 g/mol. The van der Waals surface area contributed by atoms with Crippen LogP contribution in [0.25, 0.3) is 22.2 Å². The SMILES string of the molecule is Cc1cc(/C=C/C(=O)c2cc3ccccc3o2)c(C)n1-c1nccs1. The molecule has 3 heterocycles. The molecule has 0 amide bonds. The van der Waals surface area contributed by atoms with Gasteiger partial charge in [-0.3, -0.25) is 9.36 Å². The van der Waals surface area contributed by atoms with Gasteiger partial charge in [-0.1, -0.05) is 18.2 Å². The summed E-state index contributed by atoms with van der Waals surface area (Å²) in [6, 6.07) is 11.4. The Balaban J connectivity index is 1.63. The van der Waals surface area contributed by atoms with Gasteiger partial charge in [-0.15, -0.1) is 11.3 Å². The molecule has 1 aromatic carbocycles. The lowest BCUT2D eigenvalue weighted by molar-refractivity contribution is 0.102. The molecule has 0 radical (unpaired) electrons. The molecule has 0 bridgehead atoms. The zero-order valence-corrected chi connectivity index (χ0v) is 14.7. The second kappa shape index (κ2) is 6.18. The van der Waals surface area contributed by atoms with Gasteiger partial charge in [-0.05, 0) is 49.8 Å². The Bertz CT molecular complexity index is 1050. The van der Waals surface area contributed by atoms with Crippen LogP contribution in [-0.2, 0) is 0 Å². The van der Waals surface area contributed by atoms with Crippen LogP contribution < -0.4 is 0 Å². The van der Waals surface area contributed by atoms with E-state index in [1.165, 1.54) is 0 Å². The molecule has 0 aliphatic rings. The summed E-state index contributed by atoms with van der Waals surface area (Å²) in [6.07, 6.45) is 5.19.